The molecule has 0 bridgehead atoms. The van der Waals surface area contributed by atoms with Gasteiger partial charge in [-0.2, -0.15) is 5.10 Å². The Kier molecular flexibility index (Phi) is 4.34. The van der Waals surface area contributed by atoms with Gasteiger partial charge >= 0.3 is 0 Å². The molecule has 0 spiro atoms. The molecular weight excluding hydrogens is 386 g/mol. The lowest BCUT2D eigenvalue weighted by atomic mass is 10.3. The van der Waals surface area contributed by atoms with Crippen molar-refractivity contribution < 1.29 is 13.2 Å². The summed E-state index contributed by atoms with van der Waals surface area (Å²) in [4.78, 5) is 16.3. The highest BCUT2D eigenvalue weighted by molar-refractivity contribution is 7.93. The molecule has 3 aromatic heterocycles. The number of nitrogens with one attached hydrogen (secondary N) is 2. The van der Waals surface area contributed by atoms with Crippen molar-refractivity contribution in [2.24, 2.45) is 0 Å². The number of anilines is 2. The van der Waals surface area contributed by atoms with Gasteiger partial charge in [-0.05, 0) is 42.5 Å². The smallest absolute Gasteiger partial charge is 0.276 e. The van der Waals surface area contributed by atoms with E-state index >= 15 is 0 Å². The highest BCUT2D eigenvalue weighted by Gasteiger charge is 2.16. The predicted octanol–water partition coefficient (Wildman–Crippen LogP) is 2.84. The fourth-order valence-corrected chi connectivity index (χ4v) is 4.20. The minimum atomic E-state index is -3.73. The van der Waals surface area contributed by atoms with Gasteiger partial charge in [0.15, 0.2) is 10.8 Å². The van der Waals surface area contributed by atoms with Crippen LogP contribution in [-0.4, -0.2) is 28.9 Å². The van der Waals surface area contributed by atoms with E-state index in [2.05, 4.69) is 20.1 Å². The Morgan fingerprint density at radius 1 is 1.11 bits per heavy atom. The van der Waals surface area contributed by atoms with Crippen LogP contribution in [0.2, 0.25) is 0 Å². The zero-order valence-electron chi connectivity index (χ0n) is 13.7. The fraction of sp³-hybridized carbons (Fsp3) is 0. The van der Waals surface area contributed by atoms with Crippen LogP contribution in [-0.2, 0) is 10.0 Å². The van der Waals surface area contributed by atoms with Crippen molar-refractivity contribution in [1.29, 1.82) is 0 Å². The molecule has 136 valence electrons. The number of carbonyl (C=O) groups excluding carboxylic acids is 1. The summed E-state index contributed by atoms with van der Waals surface area (Å²) in [7, 11) is -3.73. The third kappa shape index (κ3) is 3.66. The van der Waals surface area contributed by atoms with E-state index in [1.165, 1.54) is 41.8 Å². The number of aromatic nitrogens is 3. The van der Waals surface area contributed by atoms with E-state index < -0.39 is 10.0 Å². The SMILES string of the molecule is O=C(Nc1ccc(S(=O)(=O)Nc2nccs2)cc1)c1cc2ccccn2n1. The molecule has 0 aliphatic carbocycles. The highest BCUT2D eigenvalue weighted by atomic mass is 32.2. The summed E-state index contributed by atoms with van der Waals surface area (Å²) < 4.78 is 28.6. The maximum absolute atomic E-state index is 12.4. The maximum atomic E-state index is 12.4. The van der Waals surface area contributed by atoms with Gasteiger partial charge in [-0.3, -0.25) is 9.52 Å². The number of hydrogen-bond acceptors (Lipinski definition) is 6. The summed E-state index contributed by atoms with van der Waals surface area (Å²) in [5.41, 5.74) is 1.53. The second-order valence-electron chi connectivity index (χ2n) is 5.52. The Morgan fingerprint density at radius 2 is 1.93 bits per heavy atom. The van der Waals surface area contributed by atoms with Crippen LogP contribution in [0.25, 0.3) is 5.52 Å². The van der Waals surface area contributed by atoms with E-state index in [1.54, 1.807) is 22.2 Å². The van der Waals surface area contributed by atoms with Crippen molar-refractivity contribution in [2.75, 3.05) is 10.0 Å². The van der Waals surface area contributed by atoms with Gasteiger partial charge < -0.3 is 5.32 Å². The molecule has 1 aromatic carbocycles. The Morgan fingerprint density at radius 3 is 2.63 bits per heavy atom. The highest BCUT2D eigenvalue weighted by Crippen LogP contribution is 2.20. The minimum Gasteiger partial charge on any atom is -0.321 e. The summed E-state index contributed by atoms with van der Waals surface area (Å²) in [6, 6.07) is 13.1. The Hall–Kier alpha value is -3.24. The molecule has 10 heteroatoms. The van der Waals surface area contributed by atoms with Gasteiger partial charge in [0.2, 0.25) is 0 Å². The molecule has 0 aliphatic heterocycles. The number of amides is 1. The monoisotopic (exact) mass is 399 g/mol. The molecule has 0 fully saturated rings. The zero-order valence-corrected chi connectivity index (χ0v) is 15.4. The van der Waals surface area contributed by atoms with Crippen molar-refractivity contribution >= 4 is 43.6 Å². The zero-order chi connectivity index (χ0) is 18.9. The minimum absolute atomic E-state index is 0.0726. The van der Waals surface area contributed by atoms with Crippen LogP contribution in [0.5, 0.6) is 0 Å². The summed E-state index contributed by atoms with van der Waals surface area (Å²) in [6.45, 7) is 0. The van der Waals surface area contributed by atoms with Gasteiger partial charge in [0.25, 0.3) is 15.9 Å². The van der Waals surface area contributed by atoms with Gasteiger partial charge in [-0.1, -0.05) is 6.07 Å². The number of fused-ring (bicyclic) bond motifs is 1. The second kappa shape index (κ2) is 6.82. The normalized spacial score (nSPS) is 11.4. The lowest BCUT2D eigenvalue weighted by Crippen LogP contribution is -2.14. The summed E-state index contributed by atoms with van der Waals surface area (Å²) in [6.07, 6.45) is 3.27. The largest absolute Gasteiger partial charge is 0.321 e. The van der Waals surface area contributed by atoms with Crippen LogP contribution in [0.15, 0.2) is 71.2 Å². The van der Waals surface area contributed by atoms with Crippen molar-refractivity contribution in [1.82, 2.24) is 14.6 Å². The van der Waals surface area contributed by atoms with E-state index in [0.717, 1.165) is 5.52 Å². The lowest BCUT2D eigenvalue weighted by molar-refractivity contribution is 0.102. The van der Waals surface area contributed by atoms with E-state index in [0.29, 0.717) is 10.8 Å². The van der Waals surface area contributed by atoms with Gasteiger partial charge in [0.05, 0.1) is 10.4 Å². The fourth-order valence-electron chi connectivity index (χ4n) is 2.41. The van der Waals surface area contributed by atoms with E-state index in [-0.39, 0.29) is 16.5 Å². The average Bonchev–Trinajstić information content (AvgIpc) is 3.31. The first kappa shape index (κ1) is 17.2. The first-order valence-corrected chi connectivity index (χ1v) is 10.2. The molecule has 0 saturated heterocycles. The standard InChI is InChI=1S/C17H13N5O3S2/c23-16(15-11-13-3-1-2-9-22(13)20-15)19-12-4-6-14(7-5-12)27(24,25)21-17-18-8-10-26-17/h1-11H,(H,18,21)(H,19,23). The Balaban J connectivity index is 1.49. The van der Waals surface area contributed by atoms with E-state index in [9.17, 15) is 13.2 Å². The first-order chi connectivity index (χ1) is 13.0. The van der Waals surface area contributed by atoms with E-state index in [1.807, 2.05) is 18.2 Å². The van der Waals surface area contributed by atoms with Crippen molar-refractivity contribution in [3.05, 3.63) is 72.0 Å². The van der Waals surface area contributed by atoms with Crippen LogP contribution in [0, 0.1) is 0 Å². The topological polar surface area (TPSA) is 105 Å². The van der Waals surface area contributed by atoms with Gasteiger partial charge in [-0.25, -0.2) is 17.9 Å². The summed E-state index contributed by atoms with van der Waals surface area (Å²) >= 11 is 1.19. The van der Waals surface area contributed by atoms with Crippen molar-refractivity contribution in [2.45, 2.75) is 4.90 Å². The molecule has 1 amide bonds. The summed E-state index contributed by atoms with van der Waals surface area (Å²) in [5, 5.41) is 8.87. The molecule has 2 N–H and O–H groups in total. The molecule has 0 atom stereocenters. The van der Waals surface area contributed by atoms with Crippen LogP contribution >= 0.6 is 11.3 Å². The predicted molar refractivity (Wildman–Crippen MR) is 103 cm³/mol. The van der Waals surface area contributed by atoms with Crippen LogP contribution < -0.4 is 10.0 Å². The molecule has 0 unspecified atom stereocenters. The number of carbonyl (C=O) groups is 1. The number of sulfonamides is 1. The molecule has 4 aromatic rings. The van der Waals surface area contributed by atoms with Crippen molar-refractivity contribution in [3.63, 3.8) is 0 Å². The molecule has 27 heavy (non-hydrogen) atoms. The first-order valence-electron chi connectivity index (χ1n) is 7.79. The van der Waals surface area contributed by atoms with Crippen LogP contribution in [0.3, 0.4) is 0 Å². The van der Waals surface area contributed by atoms with Crippen LogP contribution in [0.4, 0.5) is 10.8 Å². The Labute approximate surface area is 158 Å². The Bertz CT molecular complexity index is 1170. The third-order valence-corrected chi connectivity index (χ3v) is 5.85. The number of pyridine rings is 1. The van der Waals surface area contributed by atoms with Crippen LogP contribution in [0.1, 0.15) is 10.5 Å². The maximum Gasteiger partial charge on any atom is 0.276 e. The number of thiazole rings is 1. The van der Waals surface area contributed by atoms with Gasteiger partial charge in [0.1, 0.15) is 0 Å². The number of benzene rings is 1. The van der Waals surface area contributed by atoms with Gasteiger partial charge in [-0.15, -0.1) is 11.3 Å². The molecule has 0 aliphatic rings. The molecule has 4 rings (SSSR count). The van der Waals surface area contributed by atoms with Gasteiger partial charge in [0, 0.05) is 23.5 Å². The average molecular weight is 399 g/mol. The number of nitrogens with zero attached hydrogens (tertiary/aromatic N) is 3. The number of hydrogen-bond donors (Lipinski definition) is 2. The molecule has 0 saturated carbocycles. The molecule has 8 nitrogen and oxygen atoms in total. The molecule has 3 heterocycles. The van der Waals surface area contributed by atoms with Crippen molar-refractivity contribution in [3.8, 4) is 0 Å². The summed E-state index contributed by atoms with van der Waals surface area (Å²) in [5.74, 6) is -0.379. The number of rotatable bonds is 5. The quantitative estimate of drug-likeness (QED) is 0.537. The second-order valence-corrected chi connectivity index (χ2v) is 8.10. The lowest BCUT2D eigenvalue weighted by Gasteiger charge is -2.07. The third-order valence-electron chi connectivity index (χ3n) is 3.68. The molecular formula is C17H13N5O3S2. The van der Waals surface area contributed by atoms with E-state index in [4.69, 9.17) is 0 Å². The molecule has 0 radical (unpaired) electrons.